The van der Waals surface area contributed by atoms with Crippen molar-refractivity contribution in [2.75, 3.05) is 0 Å². The van der Waals surface area contributed by atoms with Crippen LogP contribution in [-0.4, -0.2) is 11.6 Å². The summed E-state index contributed by atoms with van der Waals surface area (Å²) in [6.07, 6.45) is 3.07. The van der Waals surface area contributed by atoms with Crippen molar-refractivity contribution in [2.45, 2.75) is 45.7 Å². The van der Waals surface area contributed by atoms with Gasteiger partial charge in [0.05, 0.1) is 0 Å². The number of rotatable bonds is 4. The van der Waals surface area contributed by atoms with Crippen LogP contribution in [0.2, 0.25) is 0 Å². The van der Waals surface area contributed by atoms with Gasteiger partial charge in [-0.25, -0.2) is 0 Å². The minimum Gasteiger partial charge on any atom is -0.306 e. The molecule has 1 unspecified atom stereocenters. The lowest BCUT2D eigenvalue weighted by atomic mass is 10.0. The highest BCUT2D eigenvalue weighted by Gasteiger charge is 2.14. The Bertz CT molecular complexity index is 105. The molecule has 0 aliphatic carbocycles. The van der Waals surface area contributed by atoms with Crippen LogP contribution in [0.4, 0.5) is 0 Å². The Morgan fingerprint density at radius 1 is 1.60 bits per heavy atom. The van der Waals surface area contributed by atoms with Gasteiger partial charge in [-0.15, -0.1) is 6.58 Å². The summed E-state index contributed by atoms with van der Waals surface area (Å²) in [6, 6.07) is 0.412. The van der Waals surface area contributed by atoms with Crippen LogP contribution >= 0.6 is 0 Å². The Labute approximate surface area is 64.5 Å². The summed E-state index contributed by atoms with van der Waals surface area (Å²) in [7, 11) is 0. The molecule has 0 radical (unpaired) electrons. The summed E-state index contributed by atoms with van der Waals surface area (Å²) >= 11 is 0. The van der Waals surface area contributed by atoms with Crippen LogP contribution < -0.4 is 5.32 Å². The van der Waals surface area contributed by atoms with E-state index >= 15 is 0 Å². The van der Waals surface area contributed by atoms with Crippen LogP contribution in [0.3, 0.4) is 0 Å². The van der Waals surface area contributed by atoms with Crippen LogP contribution in [-0.2, 0) is 0 Å². The second-order valence-electron chi connectivity index (χ2n) is 3.41. The second-order valence-corrected chi connectivity index (χ2v) is 3.41. The van der Waals surface area contributed by atoms with Crippen molar-refractivity contribution in [2.24, 2.45) is 0 Å². The Hall–Kier alpha value is -0.300. The van der Waals surface area contributed by atoms with Gasteiger partial charge >= 0.3 is 0 Å². The predicted molar refractivity (Wildman–Crippen MR) is 47.2 cm³/mol. The van der Waals surface area contributed by atoms with Crippen molar-refractivity contribution in [1.82, 2.24) is 5.32 Å². The molecule has 10 heavy (non-hydrogen) atoms. The first kappa shape index (κ1) is 9.70. The molecule has 0 saturated carbocycles. The van der Waals surface area contributed by atoms with E-state index in [0.29, 0.717) is 6.04 Å². The number of hydrogen-bond acceptors (Lipinski definition) is 1. The van der Waals surface area contributed by atoms with Gasteiger partial charge < -0.3 is 5.32 Å². The van der Waals surface area contributed by atoms with Gasteiger partial charge in [-0.3, -0.25) is 0 Å². The fourth-order valence-corrected chi connectivity index (χ4v) is 0.777. The van der Waals surface area contributed by atoms with Gasteiger partial charge in [-0.05, 0) is 27.2 Å². The summed E-state index contributed by atoms with van der Waals surface area (Å²) in [6.45, 7) is 12.4. The number of hydrogen-bond donors (Lipinski definition) is 1. The molecule has 0 heterocycles. The van der Waals surface area contributed by atoms with Gasteiger partial charge in [-0.1, -0.05) is 13.0 Å². The highest BCUT2D eigenvalue weighted by molar-refractivity contribution is 4.88. The van der Waals surface area contributed by atoms with Crippen molar-refractivity contribution in [3.8, 4) is 0 Å². The van der Waals surface area contributed by atoms with E-state index in [2.05, 4.69) is 39.6 Å². The fourth-order valence-electron chi connectivity index (χ4n) is 0.777. The highest BCUT2D eigenvalue weighted by Crippen LogP contribution is 2.07. The first-order valence-electron chi connectivity index (χ1n) is 3.92. The molecule has 0 aliphatic rings. The van der Waals surface area contributed by atoms with Crippen molar-refractivity contribution in [3.63, 3.8) is 0 Å². The summed E-state index contributed by atoms with van der Waals surface area (Å²) < 4.78 is 0. The average Bonchev–Trinajstić information content (AvgIpc) is 1.87. The van der Waals surface area contributed by atoms with E-state index in [1.807, 2.05) is 6.08 Å². The van der Waals surface area contributed by atoms with Crippen molar-refractivity contribution in [3.05, 3.63) is 12.7 Å². The summed E-state index contributed by atoms with van der Waals surface area (Å²) in [5.41, 5.74) is 0.244. The minimum absolute atomic E-state index is 0.244. The largest absolute Gasteiger partial charge is 0.306 e. The van der Waals surface area contributed by atoms with E-state index in [1.165, 1.54) is 0 Å². The summed E-state index contributed by atoms with van der Waals surface area (Å²) in [5, 5.41) is 3.44. The van der Waals surface area contributed by atoms with E-state index in [-0.39, 0.29) is 5.54 Å². The SMILES string of the molecule is C=CC(C)NC(C)(C)CC. The van der Waals surface area contributed by atoms with E-state index in [4.69, 9.17) is 0 Å². The summed E-state index contributed by atoms with van der Waals surface area (Å²) in [4.78, 5) is 0. The average molecular weight is 141 g/mol. The maximum atomic E-state index is 3.72. The second kappa shape index (κ2) is 3.77. The monoisotopic (exact) mass is 141 g/mol. The van der Waals surface area contributed by atoms with E-state index < -0.39 is 0 Å². The molecule has 1 N–H and O–H groups in total. The molecule has 1 heteroatoms. The third kappa shape index (κ3) is 3.67. The molecule has 60 valence electrons. The van der Waals surface area contributed by atoms with Crippen molar-refractivity contribution >= 4 is 0 Å². The topological polar surface area (TPSA) is 12.0 Å². The molecular weight excluding hydrogens is 122 g/mol. The quantitative estimate of drug-likeness (QED) is 0.592. The fraction of sp³-hybridized carbons (Fsp3) is 0.778. The molecule has 0 bridgehead atoms. The zero-order valence-electron chi connectivity index (χ0n) is 7.57. The van der Waals surface area contributed by atoms with E-state index in [9.17, 15) is 0 Å². The standard InChI is InChI=1S/C9H19N/c1-6-8(3)10-9(4,5)7-2/h6,8,10H,1,7H2,2-5H3. The molecule has 0 aliphatic heterocycles. The van der Waals surface area contributed by atoms with Gasteiger partial charge in [0.15, 0.2) is 0 Å². The van der Waals surface area contributed by atoms with Crippen LogP contribution in [0.25, 0.3) is 0 Å². The Balaban J connectivity index is 3.75. The Kier molecular flexibility index (Phi) is 3.66. The molecule has 0 rings (SSSR count). The predicted octanol–water partition coefficient (Wildman–Crippen LogP) is 2.34. The van der Waals surface area contributed by atoms with Crippen LogP contribution in [0.1, 0.15) is 34.1 Å². The zero-order valence-corrected chi connectivity index (χ0v) is 7.57. The maximum absolute atomic E-state index is 3.72. The molecular formula is C9H19N. The van der Waals surface area contributed by atoms with Gasteiger partial charge in [0, 0.05) is 11.6 Å². The van der Waals surface area contributed by atoms with Gasteiger partial charge in [0.1, 0.15) is 0 Å². The molecule has 1 atom stereocenters. The van der Waals surface area contributed by atoms with Gasteiger partial charge in [-0.2, -0.15) is 0 Å². The third-order valence-corrected chi connectivity index (χ3v) is 1.86. The zero-order chi connectivity index (χ0) is 8.20. The summed E-state index contributed by atoms with van der Waals surface area (Å²) in [5.74, 6) is 0. The van der Waals surface area contributed by atoms with E-state index in [1.54, 1.807) is 0 Å². The van der Waals surface area contributed by atoms with Crippen LogP contribution in [0.5, 0.6) is 0 Å². The first-order chi connectivity index (χ1) is 4.52. The minimum atomic E-state index is 0.244. The third-order valence-electron chi connectivity index (χ3n) is 1.86. The molecule has 1 nitrogen and oxygen atoms in total. The van der Waals surface area contributed by atoms with Crippen LogP contribution in [0, 0.1) is 0 Å². The Morgan fingerprint density at radius 2 is 2.10 bits per heavy atom. The highest BCUT2D eigenvalue weighted by atomic mass is 15.0. The van der Waals surface area contributed by atoms with Crippen LogP contribution in [0.15, 0.2) is 12.7 Å². The molecule has 0 saturated heterocycles. The van der Waals surface area contributed by atoms with Gasteiger partial charge in [0.2, 0.25) is 0 Å². The van der Waals surface area contributed by atoms with E-state index in [0.717, 1.165) is 6.42 Å². The number of nitrogens with one attached hydrogen (secondary N) is 1. The molecule has 0 aromatic rings. The molecule has 0 aromatic carbocycles. The van der Waals surface area contributed by atoms with Crippen molar-refractivity contribution in [1.29, 1.82) is 0 Å². The lowest BCUT2D eigenvalue weighted by Gasteiger charge is -2.27. The van der Waals surface area contributed by atoms with Crippen molar-refractivity contribution < 1.29 is 0 Å². The Morgan fingerprint density at radius 3 is 2.40 bits per heavy atom. The lowest BCUT2D eigenvalue weighted by molar-refractivity contribution is 0.358. The molecule has 0 aromatic heterocycles. The lowest BCUT2D eigenvalue weighted by Crippen LogP contribution is -2.43. The smallest absolute Gasteiger partial charge is 0.0224 e. The van der Waals surface area contributed by atoms with Gasteiger partial charge in [0.25, 0.3) is 0 Å². The normalized spacial score (nSPS) is 14.8. The molecule has 0 spiro atoms. The first-order valence-corrected chi connectivity index (χ1v) is 3.92. The maximum Gasteiger partial charge on any atom is 0.0224 e. The molecule has 0 fully saturated rings. The molecule has 0 amide bonds.